The molecule has 0 aliphatic heterocycles. The second kappa shape index (κ2) is 8.36. The molecule has 0 saturated heterocycles. The second-order valence-corrected chi connectivity index (χ2v) is 6.74. The van der Waals surface area contributed by atoms with Gasteiger partial charge < -0.3 is 20.4 Å². The lowest BCUT2D eigenvalue weighted by Gasteiger charge is -2.08. The Morgan fingerprint density at radius 3 is 2.57 bits per heavy atom. The zero-order valence-corrected chi connectivity index (χ0v) is 15.6. The van der Waals surface area contributed by atoms with Crippen molar-refractivity contribution < 1.29 is 9.21 Å². The largest absolute Gasteiger partial charge is 0.447 e. The number of nitrogens with one attached hydrogen (secondary N) is 3. The van der Waals surface area contributed by atoms with Gasteiger partial charge in [-0.2, -0.15) is 0 Å². The predicted molar refractivity (Wildman–Crippen MR) is 110 cm³/mol. The summed E-state index contributed by atoms with van der Waals surface area (Å²) in [6.07, 6.45) is 2.88. The summed E-state index contributed by atoms with van der Waals surface area (Å²) >= 11 is 1.54. The van der Waals surface area contributed by atoms with Crippen LogP contribution in [0.3, 0.4) is 0 Å². The Kier molecular flexibility index (Phi) is 5.30. The van der Waals surface area contributed by atoms with E-state index in [1.165, 1.54) is 6.39 Å². The molecule has 0 saturated carbocycles. The van der Waals surface area contributed by atoms with Gasteiger partial charge in [-0.1, -0.05) is 30.3 Å². The van der Waals surface area contributed by atoms with Gasteiger partial charge in [0.25, 0.3) is 0 Å². The number of carbonyl (C=O) groups excluding carboxylic acids is 1. The van der Waals surface area contributed by atoms with Crippen molar-refractivity contribution in [2.24, 2.45) is 0 Å². The Labute approximate surface area is 165 Å². The van der Waals surface area contributed by atoms with Gasteiger partial charge in [0, 0.05) is 22.3 Å². The Morgan fingerprint density at radius 1 is 1.04 bits per heavy atom. The molecule has 3 N–H and O–H groups in total. The number of thiazole rings is 1. The van der Waals surface area contributed by atoms with Gasteiger partial charge in [-0.3, -0.25) is 0 Å². The Bertz CT molecular complexity index is 1030. The normalized spacial score (nSPS) is 10.4. The van der Waals surface area contributed by atoms with Crippen LogP contribution >= 0.6 is 11.3 Å². The van der Waals surface area contributed by atoms with E-state index in [2.05, 4.69) is 25.9 Å². The van der Waals surface area contributed by atoms with E-state index < -0.39 is 0 Å². The summed E-state index contributed by atoms with van der Waals surface area (Å²) in [7, 11) is 0. The van der Waals surface area contributed by atoms with E-state index in [-0.39, 0.29) is 12.6 Å². The van der Waals surface area contributed by atoms with Gasteiger partial charge in [-0.15, -0.1) is 11.3 Å². The highest BCUT2D eigenvalue weighted by atomic mass is 32.1. The number of nitrogens with zero attached hydrogens (tertiary/aromatic N) is 2. The minimum Gasteiger partial charge on any atom is -0.447 e. The van der Waals surface area contributed by atoms with Crippen LogP contribution in [0.1, 0.15) is 5.76 Å². The topological polar surface area (TPSA) is 92.1 Å². The number of urea groups is 1. The van der Waals surface area contributed by atoms with Crippen LogP contribution in [0.5, 0.6) is 0 Å². The van der Waals surface area contributed by atoms with Crippen LogP contribution in [0.25, 0.3) is 11.3 Å². The maximum absolute atomic E-state index is 11.9. The van der Waals surface area contributed by atoms with Crippen molar-refractivity contribution in [1.82, 2.24) is 15.3 Å². The van der Waals surface area contributed by atoms with Crippen LogP contribution in [0.2, 0.25) is 0 Å². The molecule has 0 spiro atoms. The van der Waals surface area contributed by atoms with Crippen LogP contribution in [0, 0.1) is 0 Å². The molecule has 2 amide bonds. The minimum absolute atomic E-state index is 0.277. The number of oxazole rings is 1. The molecule has 2 heterocycles. The summed E-state index contributed by atoms with van der Waals surface area (Å²) in [5.41, 5.74) is 3.60. The quantitative estimate of drug-likeness (QED) is 0.436. The molecule has 0 radical (unpaired) electrons. The smallest absolute Gasteiger partial charge is 0.319 e. The van der Waals surface area contributed by atoms with Crippen LogP contribution in [0.4, 0.5) is 21.3 Å². The number of aromatic nitrogens is 2. The number of amides is 2. The summed E-state index contributed by atoms with van der Waals surface area (Å²) in [5, 5.41) is 11.6. The average Bonchev–Trinajstić information content (AvgIpc) is 3.41. The molecule has 2 aromatic heterocycles. The predicted octanol–water partition coefficient (Wildman–Crippen LogP) is 4.86. The highest BCUT2D eigenvalue weighted by molar-refractivity contribution is 7.14. The van der Waals surface area contributed by atoms with Crippen molar-refractivity contribution in [3.63, 3.8) is 0 Å². The fourth-order valence-electron chi connectivity index (χ4n) is 2.51. The standard InChI is InChI=1S/C20H17N5O2S/c26-19(22-11-17-10-21-13-27-17)23-15-6-8-16(9-7-15)24-20-25-18(12-28-20)14-4-2-1-3-5-14/h1-10,12-13H,11H2,(H,24,25)(H2,22,23,26). The van der Waals surface area contributed by atoms with Gasteiger partial charge in [0.2, 0.25) is 0 Å². The number of benzene rings is 2. The third-order valence-corrected chi connectivity index (χ3v) is 4.63. The molecule has 7 nitrogen and oxygen atoms in total. The first-order valence-electron chi connectivity index (χ1n) is 8.56. The molecular weight excluding hydrogens is 374 g/mol. The van der Waals surface area contributed by atoms with Crippen molar-refractivity contribution in [3.05, 3.63) is 78.3 Å². The van der Waals surface area contributed by atoms with Crippen LogP contribution in [-0.2, 0) is 6.54 Å². The zero-order valence-electron chi connectivity index (χ0n) is 14.8. The highest BCUT2D eigenvalue weighted by Crippen LogP contribution is 2.27. The second-order valence-electron chi connectivity index (χ2n) is 5.88. The number of carbonyl (C=O) groups is 1. The molecule has 0 aliphatic rings. The Morgan fingerprint density at radius 2 is 1.82 bits per heavy atom. The zero-order chi connectivity index (χ0) is 19.2. The van der Waals surface area contributed by atoms with Gasteiger partial charge >= 0.3 is 6.03 Å². The van der Waals surface area contributed by atoms with Crippen LogP contribution < -0.4 is 16.0 Å². The number of rotatable bonds is 6. The SMILES string of the molecule is O=C(NCc1cnco1)Nc1ccc(Nc2nc(-c3ccccc3)cs2)cc1. The van der Waals surface area contributed by atoms with Crippen molar-refractivity contribution >= 4 is 33.9 Å². The maximum atomic E-state index is 11.9. The third-order valence-electron chi connectivity index (χ3n) is 3.87. The lowest BCUT2D eigenvalue weighted by Crippen LogP contribution is -2.27. The molecule has 0 aliphatic carbocycles. The molecule has 0 atom stereocenters. The fraction of sp³-hybridized carbons (Fsp3) is 0.0500. The van der Waals surface area contributed by atoms with E-state index in [0.717, 1.165) is 22.1 Å². The first kappa shape index (κ1) is 17.7. The molecule has 140 valence electrons. The number of hydrogen-bond acceptors (Lipinski definition) is 6. The first-order chi connectivity index (χ1) is 13.8. The van der Waals surface area contributed by atoms with Gasteiger partial charge in [-0.25, -0.2) is 14.8 Å². The maximum Gasteiger partial charge on any atom is 0.319 e. The lowest BCUT2D eigenvalue weighted by molar-refractivity contribution is 0.251. The van der Waals surface area contributed by atoms with Gasteiger partial charge in [0.1, 0.15) is 5.76 Å². The molecule has 4 rings (SSSR count). The molecule has 8 heteroatoms. The van der Waals surface area contributed by atoms with Crippen molar-refractivity contribution in [2.45, 2.75) is 6.54 Å². The Hall–Kier alpha value is -3.65. The van der Waals surface area contributed by atoms with Crippen molar-refractivity contribution in [1.29, 1.82) is 0 Å². The van der Waals surface area contributed by atoms with Crippen molar-refractivity contribution in [3.8, 4) is 11.3 Å². The minimum atomic E-state index is -0.315. The van der Waals surface area contributed by atoms with E-state index in [1.54, 1.807) is 17.5 Å². The van der Waals surface area contributed by atoms with E-state index in [9.17, 15) is 4.79 Å². The molecule has 2 aromatic carbocycles. The number of anilines is 3. The molecule has 0 fully saturated rings. The summed E-state index contributed by atoms with van der Waals surface area (Å²) in [6.45, 7) is 0.277. The molecule has 0 unspecified atom stereocenters. The van der Waals surface area contributed by atoms with Crippen LogP contribution in [0.15, 0.2) is 77.0 Å². The molecular formula is C20H17N5O2S. The molecule has 4 aromatic rings. The summed E-state index contributed by atoms with van der Waals surface area (Å²) in [4.78, 5) is 20.3. The Balaban J connectivity index is 1.32. The summed E-state index contributed by atoms with van der Waals surface area (Å²) in [6, 6.07) is 17.1. The lowest BCUT2D eigenvalue weighted by atomic mass is 10.2. The average molecular weight is 391 g/mol. The van der Waals surface area contributed by atoms with Gasteiger partial charge in [0.05, 0.1) is 18.4 Å². The third kappa shape index (κ3) is 4.54. The van der Waals surface area contributed by atoms with E-state index >= 15 is 0 Å². The number of hydrogen-bond donors (Lipinski definition) is 3. The van der Waals surface area contributed by atoms with Crippen LogP contribution in [-0.4, -0.2) is 16.0 Å². The highest BCUT2D eigenvalue weighted by Gasteiger charge is 2.06. The monoisotopic (exact) mass is 391 g/mol. The molecule has 28 heavy (non-hydrogen) atoms. The van der Waals surface area contributed by atoms with Gasteiger partial charge in [-0.05, 0) is 24.3 Å². The van der Waals surface area contributed by atoms with E-state index in [4.69, 9.17) is 4.42 Å². The van der Waals surface area contributed by atoms with Gasteiger partial charge in [0.15, 0.2) is 11.5 Å². The fourth-order valence-corrected chi connectivity index (χ4v) is 3.25. The van der Waals surface area contributed by atoms with E-state index in [0.29, 0.717) is 11.4 Å². The summed E-state index contributed by atoms with van der Waals surface area (Å²) < 4.78 is 5.07. The first-order valence-corrected chi connectivity index (χ1v) is 9.44. The molecule has 0 bridgehead atoms. The van der Waals surface area contributed by atoms with E-state index in [1.807, 2.05) is 60.0 Å². The summed E-state index contributed by atoms with van der Waals surface area (Å²) in [5.74, 6) is 0.591. The van der Waals surface area contributed by atoms with Crippen molar-refractivity contribution in [2.75, 3.05) is 10.6 Å².